The number of rotatable bonds is 3. The first-order valence-corrected chi connectivity index (χ1v) is 4.68. The Hall–Kier alpha value is 0.597. The fraction of sp³-hybridized carbons (Fsp3) is 1.00. The molecule has 0 radical (unpaired) electrons. The summed E-state index contributed by atoms with van der Waals surface area (Å²) in [5.41, 5.74) is 0. The van der Waals surface area contributed by atoms with Crippen molar-refractivity contribution in [1.82, 2.24) is 0 Å². The average Bonchev–Trinajstić information content (AvgIpc) is 1.91. The van der Waals surface area contributed by atoms with E-state index in [1.807, 2.05) is 0 Å². The Morgan fingerprint density at radius 1 is 1.10 bits per heavy atom. The second kappa shape index (κ2) is 12.3. The molecule has 0 nitrogen and oxygen atoms in total. The van der Waals surface area contributed by atoms with Crippen molar-refractivity contribution in [3.63, 3.8) is 0 Å². The Bertz CT molecular complexity index is 40.0. The molecular formula is C9H21Li. The first-order chi connectivity index (χ1) is 4.68. The first-order valence-electron chi connectivity index (χ1n) is 4.68. The van der Waals surface area contributed by atoms with Gasteiger partial charge >= 0.3 is 42.6 Å². The molecule has 0 heterocycles. The Kier molecular flexibility index (Phi) is 16.2. The molecule has 1 heteroatoms. The maximum atomic E-state index is 2.22. The van der Waals surface area contributed by atoms with Crippen molar-refractivity contribution in [1.29, 1.82) is 0 Å². The van der Waals surface area contributed by atoms with Crippen LogP contribution in [0.4, 0.5) is 0 Å². The van der Waals surface area contributed by atoms with Crippen LogP contribution in [0.25, 0.3) is 0 Å². The quantitative estimate of drug-likeness (QED) is 0.520. The van der Waals surface area contributed by atoms with Crippen molar-refractivity contribution in [3.8, 4) is 0 Å². The SMILES string of the molecule is CCCCC.[Li][CH](C)CC. The molecule has 0 spiro atoms. The van der Waals surface area contributed by atoms with Gasteiger partial charge in [0.15, 0.2) is 0 Å². The molecule has 0 aromatic carbocycles. The molecule has 0 aliphatic heterocycles. The molecule has 1 unspecified atom stereocenters. The van der Waals surface area contributed by atoms with E-state index in [9.17, 15) is 0 Å². The van der Waals surface area contributed by atoms with Crippen LogP contribution in [-0.4, -0.2) is 17.7 Å². The predicted molar refractivity (Wildman–Crippen MR) is 50.7 cm³/mol. The molecule has 10 heavy (non-hydrogen) atoms. The zero-order valence-corrected chi connectivity index (χ0v) is 8.41. The van der Waals surface area contributed by atoms with Gasteiger partial charge in [0, 0.05) is 0 Å². The molecule has 0 saturated carbocycles. The molecule has 0 aliphatic rings. The van der Waals surface area contributed by atoms with Crippen molar-refractivity contribution in [3.05, 3.63) is 0 Å². The van der Waals surface area contributed by atoms with E-state index in [1.54, 1.807) is 0 Å². The van der Waals surface area contributed by atoms with Crippen LogP contribution in [0.15, 0.2) is 0 Å². The van der Waals surface area contributed by atoms with Gasteiger partial charge in [0.2, 0.25) is 0 Å². The summed E-state index contributed by atoms with van der Waals surface area (Å²) in [5.74, 6) is 0. The van der Waals surface area contributed by atoms with Crippen LogP contribution in [0.2, 0.25) is 4.59 Å². The molecule has 0 aromatic heterocycles. The van der Waals surface area contributed by atoms with Crippen LogP contribution in [0.5, 0.6) is 0 Å². The van der Waals surface area contributed by atoms with E-state index in [1.165, 1.54) is 25.7 Å². The van der Waals surface area contributed by atoms with Crippen LogP contribution < -0.4 is 0 Å². The Labute approximate surface area is 76.0 Å². The zero-order valence-electron chi connectivity index (χ0n) is 8.41. The molecule has 0 aromatic rings. The molecule has 0 fully saturated rings. The van der Waals surface area contributed by atoms with Gasteiger partial charge in [-0.05, 0) is 0 Å². The second-order valence-corrected chi connectivity index (χ2v) is 3.16. The summed E-state index contributed by atoms with van der Waals surface area (Å²) in [5, 5.41) is 0. The van der Waals surface area contributed by atoms with Gasteiger partial charge in [-0.2, -0.15) is 0 Å². The third-order valence-corrected chi connectivity index (χ3v) is 1.52. The molecule has 0 amide bonds. The molecule has 0 bridgehead atoms. The summed E-state index contributed by atoms with van der Waals surface area (Å²) in [6, 6.07) is 0. The van der Waals surface area contributed by atoms with Gasteiger partial charge in [-0.1, -0.05) is 33.1 Å². The number of hydrogen-bond acceptors (Lipinski definition) is 0. The monoisotopic (exact) mass is 136 g/mol. The van der Waals surface area contributed by atoms with Crippen molar-refractivity contribution in [2.75, 3.05) is 0 Å². The third-order valence-electron chi connectivity index (χ3n) is 1.52. The van der Waals surface area contributed by atoms with E-state index in [-0.39, 0.29) is 0 Å². The van der Waals surface area contributed by atoms with Gasteiger partial charge in [-0.3, -0.25) is 0 Å². The van der Waals surface area contributed by atoms with Crippen LogP contribution in [0.3, 0.4) is 0 Å². The van der Waals surface area contributed by atoms with Crippen molar-refractivity contribution in [2.24, 2.45) is 0 Å². The molecular weight excluding hydrogens is 115 g/mol. The number of hydrogen-bond donors (Lipinski definition) is 0. The van der Waals surface area contributed by atoms with Gasteiger partial charge in [-0.25, -0.2) is 0 Å². The third kappa shape index (κ3) is 23.5. The summed E-state index contributed by atoms with van der Waals surface area (Å²) in [6.45, 7) is 8.84. The topological polar surface area (TPSA) is 0 Å². The Balaban J connectivity index is 0. The number of unbranched alkanes of at least 4 members (excludes halogenated alkanes) is 2. The average molecular weight is 136 g/mol. The normalized spacial score (nSPS) is 11.8. The fourth-order valence-corrected chi connectivity index (χ4v) is 0.354. The van der Waals surface area contributed by atoms with Crippen molar-refractivity contribution >= 4 is 17.7 Å². The molecule has 0 N–H and O–H groups in total. The fourth-order valence-electron chi connectivity index (χ4n) is 0.354. The van der Waals surface area contributed by atoms with E-state index in [0.717, 1.165) is 4.59 Å². The van der Waals surface area contributed by atoms with Gasteiger partial charge in [0.05, 0.1) is 0 Å². The summed E-state index contributed by atoms with van der Waals surface area (Å²) >= 11 is 2.22. The Morgan fingerprint density at radius 2 is 1.40 bits per heavy atom. The summed E-state index contributed by atoms with van der Waals surface area (Å²) in [6.07, 6.45) is 5.38. The van der Waals surface area contributed by atoms with Gasteiger partial charge in [-0.15, -0.1) is 0 Å². The van der Waals surface area contributed by atoms with Crippen LogP contribution in [0.1, 0.15) is 53.4 Å². The van der Waals surface area contributed by atoms with Crippen LogP contribution in [0, 0.1) is 0 Å². The van der Waals surface area contributed by atoms with Crippen molar-refractivity contribution < 1.29 is 0 Å². The minimum atomic E-state index is 0.884. The van der Waals surface area contributed by atoms with E-state index in [4.69, 9.17) is 0 Å². The summed E-state index contributed by atoms with van der Waals surface area (Å²) in [7, 11) is 0. The standard InChI is InChI=1S/C5H12.C4H9.Li/c1-3-5-4-2;1-3-4-2;/h3-5H2,1-2H3;3H,4H2,1-2H3;. The molecule has 58 valence electrons. The molecule has 0 aliphatic carbocycles. The van der Waals surface area contributed by atoms with E-state index < -0.39 is 0 Å². The predicted octanol–water partition coefficient (Wildman–Crippen LogP) is 3.57. The Morgan fingerprint density at radius 3 is 1.40 bits per heavy atom. The van der Waals surface area contributed by atoms with Crippen molar-refractivity contribution in [2.45, 2.75) is 58.0 Å². The van der Waals surface area contributed by atoms with E-state index in [2.05, 4.69) is 45.4 Å². The molecule has 0 rings (SSSR count). The second-order valence-electron chi connectivity index (χ2n) is 3.16. The van der Waals surface area contributed by atoms with E-state index in [0.29, 0.717) is 0 Å². The molecule has 0 saturated heterocycles. The van der Waals surface area contributed by atoms with Crippen LogP contribution in [-0.2, 0) is 0 Å². The van der Waals surface area contributed by atoms with Crippen LogP contribution >= 0.6 is 0 Å². The van der Waals surface area contributed by atoms with E-state index >= 15 is 0 Å². The minimum absolute atomic E-state index is 0.884. The van der Waals surface area contributed by atoms with Gasteiger partial charge in [0.25, 0.3) is 0 Å². The summed E-state index contributed by atoms with van der Waals surface area (Å²) < 4.78 is 0.884. The van der Waals surface area contributed by atoms with Gasteiger partial charge < -0.3 is 0 Å². The first kappa shape index (κ1) is 13.2. The molecule has 1 atom stereocenters. The van der Waals surface area contributed by atoms with Gasteiger partial charge in [0.1, 0.15) is 0 Å². The zero-order chi connectivity index (χ0) is 8.41. The maximum absolute atomic E-state index is 2.22. The summed E-state index contributed by atoms with van der Waals surface area (Å²) in [4.78, 5) is 0.